The Morgan fingerprint density at radius 3 is 2.68 bits per heavy atom. The van der Waals surface area contributed by atoms with Crippen LogP contribution < -0.4 is 5.32 Å². The molecule has 0 unspecified atom stereocenters. The molecule has 0 aromatic carbocycles. The maximum atomic E-state index is 12.9. The number of carbonyl (C=O) groups is 2. The van der Waals surface area contributed by atoms with Gasteiger partial charge in [0.2, 0.25) is 5.82 Å². The number of likely N-dealkylation sites (N-methyl/N-ethyl adjacent to an activating group) is 1. The molecule has 2 aromatic rings. The number of amides is 2. The van der Waals surface area contributed by atoms with Gasteiger partial charge in [-0.05, 0) is 25.6 Å². The van der Waals surface area contributed by atoms with Crippen LogP contribution in [0.1, 0.15) is 40.9 Å². The topological polar surface area (TPSA) is 70.0 Å². The van der Waals surface area contributed by atoms with Gasteiger partial charge in [0.25, 0.3) is 11.8 Å². The van der Waals surface area contributed by atoms with Gasteiger partial charge >= 0.3 is 0 Å². The molecule has 0 saturated carbocycles. The van der Waals surface area contributed by atoms with E-state index in [1.807, 2.05) is 30.1 Å². The van der Waals surface area contributed by atoms with E-state index in [1.54, 1.807) is 10.6 Å². The zero-order valence-electron chi connectivity index (χ0n) is 14.9. The predicted molar refractivity (Wildman–Crippen MR) is 95.8 cm³/mol. The number of fused-ring (bicyclic) bond motifs is 1. The molecule has 0 bridgehead atoms. The Morgan fingerprint density at radius 1 is 1.20 bits per heavy atom. The van der Waals surface area contributed by atoms with Gasteiger partial charge in [-0.15, -0.1) is 0 Å². The molecule has 1 aliphatic heterocycles. The highest BCUT2D eigenvalue weighted by atomic mass is 16.2. The Hall–Kier alpha value is -2.41. The summed E-state index contributed by atoms with van der Waals surface area (Å²) < 4.78 is 1.70. The number of hydrogen-bond acceptors (Lipinski definition) is 4. The third-order valence-corrected chi connectivity index (χ3v) is 4.56. The van der Waals surface area contributed by atoms with E-state index in [4.69, 9.17) is 0 Å². The van der Waals surface area contributed by atoms with Crippen molar-refractivity contribution in [2.24, 2.45) is 0 Å². The van der Waals surface area contributed by atoms with Crippen molar-refractivity contribution in [3.05, 3.63) is 35.9 Å². The molecule has 1 saturated heterocycles. The van der Waals surface area contributed by atoms with E-state index in [2.05, 4.69) is 22.1 Å². The first kappa shape index (κ1) is 17.4. The second-order valence-electron chi connectivity index (χ2n) is 6.44. The highest BCUT2D eigenvalue weighted by Crippen LogP contribution is 2.16. The molecule has 1 N–H and O–H groups in total. The molecule has 3 heterocycles. The highest BCUT2D eigenvalue weighted by Gasteiger charge is 2.26. The SMILES string of the molecule is CCCCNC(=O)c1nc(C(=O)N2CCN(C)CC2)c2ccccn12. The summed E-state index contributed by atoms with van der Waals surface area (Å²) in [6.07, 6.45) is 3.70. The minimum atomic E-state index is -0.243. The summed E-state index contributed by atoms with van der Waals surface area (Å²) in [7, 11) is 2.05. The summed E-state index contributed by atoms with van der Waals surface area (Å²) in [6, 6.07) is 5.53. The summed E-state index contributed by atoms with van der Waals surface area (Å²) in [5, 5.41) is 2.88. The zero-order chi connectivity index (χ0) is 17.8. The first-order valence-corrected chi connectivity index (χ1v) is 8.85. The van der Waals surface area contributed by atoms with Crippen LogP contribution >= 0.6 is 0 Å². The second kappa shape index (κ2) is 7.65. The Morgan fingerprint density at radius 2 is 1.96 bits per heavy atom. The quantitative estimate of drug-likeness (QED) is 0.830. The van der Waals surface area contributed by atoms with Gasteiger partial charge in [0.15, 0.2) is 5.69 Å². The van der Waals surface area contributed by atoms with Gasteiger partial charge in [-0.1, -0.05) is 19.4 Å². The van der Waals surface area contributed by atoms with Crippen LogP contribution in [0.15, 0.2) is 24.4 Å². The molecule has 1 aliphatic rings. The summed E-state index contributed by atoms with van der Waals surface area (Å²) in [4.78, 5) is 33.8. The Kier molecular flexibility index (Phi) is 5.33. The lowest BCUT2D eigenvalue weighted by atomic mass is 10.2. The zero-order valence-corrected chi connectivity index (χ0v) is 14.9. The van der Waals surface area contributed by atoms with Crippen molar-refractivity contribution in [2.45, 2.75) is 19.8 Å². The van der Waals surface area contributed by atoms with Crippen molar-refractivity contribution in [3.63, 3.8) is 0 Å². The monoisotopic (exact) mass is 343 g/mol. The molecular weight excluding hydrogens is 318 g/mol. The van der Waals surface area contributed by atoms with Crippen LogP contribution in [0.4, 0.5) is 0 Å². The van der Waals surface area contributed by atoms with Crippen molar-refractivity contribution >= 4 is 17.3 Å². The van der Waals surface area contributed by atoms with Crippen molar-refractivity contribution in [1.82, 2.24) is 24.5 Å². The number of carbonyl (C=O) groups excluding carboxylic acids is 2. The van der Waals surface area contributed by atoms with Crippen LogP contribution in [0, 0.1) is 0 Å². The van der Waals surface area contributed by atoms with Crippen LogP contribution in [-0.4, -0.2) is 70.8 Å². The summed E-state index contributed by atoms with van der Waals surface area (Å²) in [5.74, 6) is -0.0827. The number of rotatable bonds is 5. The van der Waals surface area contributed by atoms with Gasteiger partial charge < -0.3 is 15.1 Å². The number of imidazole rings is 1. The number of unbranched alkanes of at least 4 members (excludes halogenated alkanes) is 1. The molecule has 2 amide bonds. The summed E-state index contributed by atoms with van der Waals surface area (Å²) in [5.41, 5.74) is 1.03. The molecule has 1 fully saturated rings. The van der Waals surface area contributed by atoms with Crippen LogP contribution in [0.3, 0.4) is 0 Å². The van der Waals surface area contributed by atoms with Crippen molar-refractivity contribution in [1.29, 1.82) is 0 Å². The number of nitrogens with one attached hydrogen (secondary N) is 1. The van der Waals surface area contributed by atoms with E-state index in [-0.39, 0.29) is 17.6 Å². The van der Waals surface area contributed by atoms with Gasteiger partial charge in [-0.3, -0.25) is 14.0 Å². The van der Waals surface area contributed by atoms with Gasteiger partial charge in [0, 0.05) is 38.9 Å². The van der Waals surface area contributed by atoms with E-state index in [1.165, 1.54) is 0 Å². The molecule has 3 rings (SSSR count). The molecule has 0 atom stereocenters. The average molecular weight is 343 g/mol. The van der Waals surface area contributed by atoms with Gasteiger partial charge in [-0.2, -0.15) is 0 Å². The normalized spacial score (nSPS) is 15.5. The highest BCUT2D eigenvalue weighted by molar-refractivity contribution is 6.02. The number of pyridine rings is 1. The Labute approximate surface area is 147 Å². The van der Waals surface area contributed by atoms with Gasteiger partial charge in [0.05, 0.1) is 5.52 Å². The van der Waals surface area contributed by atoms with E-state index >= 15 is 0 Å². The largest absolute Gasteiger partial charge is 0.349 e. The fourth-order valence-corrected chi connectivity index (χ4v) is 2.97. The number of piperazine rings is 1. The lowest BCUT2D eigenvalue weighted by Gasteiger charge is -2.32. The van der Waals surface area contributed by atoms with E-state index in [0.29, 0.717) is 30.8 Å². The maximum Gasteiger partial charge on any atom is 0.287 e. The number of aromatic nitrogens is 2. The van der Waals surface area contributed by atoms with Crippen LogP contribution in [0.2, 0.25) is 0 Å². The Balaban J connectivity index is 1.88. The average Bonchev–Trinajstić information content (AvgIpc) is 3.02. The molecule has 0 radical (unpaired) electrons. The van der Waals surface area contributed by atoms with E-state index in [9.17, 15) is 9.59 Å². The molecule has 0 aliphatic carbocycles. The first-order valence-electron chi connectivity index (χ1n) is 8.85. The molecular formula is C18H25N5O2. The number of hydrogen-bond donors (Lipinski definition) is 1. The minimum Gasteiger partial charge on any atom is -0.349 e. The molecule has 7 nitrogen and oxygen atoms in total. The Bertz CT molecular complexity index is 762. The number of nitrogens with zero attached hydrogens (tertiary/aromatic N) is 4. The summed E-state index contributed by atoms with van der Waals surface area (Å²) >= 11 is 0. The molecule has 2 aromatic heterocycles. The molecule has 7 heteroatoms. The molecule has 25 heavy (non-hydrogen) atoms. The first-order chi connectivity index (χ1) is 12.1. The van der Waals surface area contributed by atoms with Crippen molar-refractivity contribution in [3.8, 4) is 0 Å². The van der Waals surface area contributed by atoms with Crippen molar-refractivity contribution < 1.29 is 9.59 Å². The fraction of sp³-hybridized carbons (Fsp3) is 0.500. The maximum absolute atomic E-state index is 12.9. The van der Waals surface area contributed by atoms with Crippen LogP contribution in [0.5, 0.6) is 0 Å². The van der Waals surface area contributed by atoms with E-state index in [0.717, 1.165) is 25.9 Å². The smallest absolute Gasteiger partial charge is 0.287 e. The molecule has 134 valence electrons. The van der Waals surface area contributed by atoms with Crippen LogP contribution in [-0.2, 0) is 0 Å². The second-order valence-corrected chi connectivity index (χ2v) is 6.44. The summed E-state index contributed by atoms with van der Waals surface area (Å²) in [6.45, 7) is 5.74. The minimum absolute atomic E-state index is 0.107. The van der Waals surface area contributed by atoms with Crippen molar-refractivity contribution in [2.75, 3.05) is 39.8 Å². The predicted octanol–water partition coefficient (Wildman–Crippen LogP) is 1.25. The molecule has 0 spiro atoms. The van der Waals surface area contributed by atoms with E-state index < -0.39 is 0 Å². The lowest BCUT2D eigenvalue weighted by molar-refractivity contribution is 0.0661. The lowest BCUT2D eigenvalue weighted by Crippen LogP contribution is -2.47. The standard InChI is InChI=1S/C18H25N5O2/c1-3-4-8-19-17(24)16-20-15(14-7-5-6-9-23(14)16)18(25)22-12-10-21(2)11-13-22/h5-7,9H,3-4,8,10-13H2,1-2H3,(H,19,24). The van der Waals surface area contributed by atoms with Gasteiger partial charge in [0.1, 0.15) is 0 Å². The third-order valence-electron chi connectivity index (χ3n) is 4.56. The third kappa shape index (κ3) is 3.66. The fourth-order valence-electron chi connectivity index (χ4n) is 2.97. The van der Waals surface area contributed by atoms with Gasteiger partial charge in [-0.25, -0.2) is 4.98 Å². The van der Waals surface area contributed by atoms with Crippen LogP contribution in [0.25, 0.3) is 5.52 Å².